The van der Waals surface area contributed by atoms with Crippen LogP contribution in [0.1, 0.15) is 11.1 Å². The average molecular weight is 318 g/mol. The van der Waals surface area contributed by atoms with Gasteiger partial charge in [0.05, 0.1) is 0 Å². The van der Waals surface area contributed by atoms with Gasteiger partial charge in [-0.15, -0.1) is 13.2 Å². The molecule has 3 aromatic rings. The Morgan fingerprint density at radius 1 is 1.04 bits per heavy atom. The second-order valence-corrected chi connectivity index (χ2v) is 5.06. The fourth-order valence-electron chi connectivity index (χ4n) is 2.50. The maximum atomic E-state index is 12.1. The van der Waals surface area contributed by atoms with E-state index in [4.69, 9.17) is 5.41 Å². The maximum absolute atomic E-state index is 12.1. The number of nitrogens with zero attached hydrogens (tertiary/aromatic N) is 1. The van der Waals surface area contributed by atoms with Gasteiger partial charge in [0, 0.05) is 35.4 Å². The van der Waals surface area contributed by atoms with Crippen LogP contribution in [0.4, 0.5) is 13.2 Å². The van der Waals surface area contributed by atoms with Crippen LogP contribution in [-0.2, 0) is 6.54 Å². The van der Waals surface area contributed by atoms with E-state index in [1.165, 1.54) is 18.3 Å². The van der Waals surface area contributed by atoms with Gasteiger partial charge in [-0.2, -0.15) is 0 Å². The van der Waals surface area contributed by atoms with E-state index >= 15 is 0 Å². The number of fused-ring (bicyclic) bond motifs is 1. The Balaban J connectivity index is 1.84. The van der Waals surface area contributed by atoms with Crippen molar-refractivity contribution in [1.29, 1.82) is 5.41 Å². The second kappa shape index (κ2) is 5.79. The summed E-state index contributed by atoms with van der Waals surface area (Å²) in [5.41, 5.74) is 2.66. The van der Waals surface area contributed by atoms with Crippen molar-refractivity contribution in [2.24, 2.45) is 0 Å². The summed E-state index contributed by atoms with van der Waals surface area (Å²) < 4.78 is 42.3. The van der Waals surface area contributed by atoms with Gasteiger partial charge in [-0.05, 0) is 29.8 Å². The molecular formula is C17H13F3N2O. The van der Waals surface area contributed by atoms with Crippen LogP contribution in [0.5, 0.6) is 5.75 Å². The summed E-state index contributed by atoms with van der Waals surface area (Å²) in [5.74, 6) is -0.232. The van der Waals surface area contributed by atoms with Crippen LogP contribution in [0.2, 0.25) is 0 Å². The Bertz CT molecular complexity index is 835. The van der Waals surface area contributed by atoms with Crippen molar-refractivity contribution in [2.75, 3.05) is 0 Å². The van der Waals surface area contributed by atoms with Gasteiger partial charge in [-0.3, -0.25) is 0 Å². The smallest absolute Gasteiger partial charge is 0.406 e. The fourth-order valence-corrected chi connectivity index (χ4v) is 2.50. The number of alkyl halides is 3. The fraction of sp³-hybridized carbons (Fsp3) is 0.118. The predicted octanol–water partition coefficient (Wildman–Crippen LogP) is 4.59. The molecule has 0 aliphatic rings. The second-order valence-electron chi connectivity index (χ2n) is 5.06. The number of halogens is 3. The molecule has 0 unspecified atom stereocenters. The van der Waals surface area contributed by atoms with Crippen molar-refractivity contribution in [3.8, 4) is 5.75 Å². The Kier molecular flexibility index (Phi) is 3.82. The number of benzene rings is 2. The molecule has 0 amide bonds. The molecule has 1 heterocycles. The van der Waals surface area contributed by atoms with E-state index in [0.29, 0.717) is 6.54 Å². The van der Waals surface area contributed by atoms with Crippen LogP contribution in [-0.4, -0.2) is 17.1 Å². The van der Waals surface area contributed by atoms with E-state index in [1.807, 2.05) is 35.0 Å². The molecule has 0 fully saturated rings. The minimum atomic E-state index is -4.68. The number of nitrogens with one attached hydrogen (secondary N) is 1. The van der Waals surface area contributed by atoms with E-state index in [1.54, 1.807) is 12.1 Å². The van der Waals surface area contributed by atoms with E-state index in [0.717, 1.165) is 22.0 Å². The predicted molar refractivity (Wildman–Crippen MR) is 82.1 cm³/mol. The van der Waals surface area contributed by atoms with Crippen LogP contribution in [0.15, 0.2) is 54.7 Å². The van der Waals surface area contributed by atoms with Gasteiger partial charge in [-0.1, -0.05) is 24.3 Å². The lowest BCUT2D eigenvalue weighted by Crippen LogP contribution is -2.17. The summed E-state index contributed by atoms with van der Waals surface area (Å²) in [7, 11) is 0. The van der Waals surface area contributed by atoms with Gasteiger partial charge in [-0.25, -0.2) is 0 Å². The molecule has 3 nitrogen and oxygen atoms in total. The molecule has 23 heavy (non-hydrogen) atoms. The first-order chi connectivity index (χ1) is 11.0. The molecule has 0 saturated heterocycles. The quantitative estimate of drug-likeness (QED) is 0.702. The van der Waals surface area contributed by atoms with Gasteiger partial charge >= 0.3 is 6.36 Å². The van der Waals surface area contributed by atoms with Crippen LogP contribution >= 0.6 is 0 Å². The summed E-state index contributed by atoms with van der Waals surface area (Å²) in [6.45, 7) is 0.525. The number of hydrogen-bond donors (Lipinski definition) is 1. The summed E-state index contributed by atoms with van der Waals surface area (Å²) in [4.78, 5) is 0. The lowest BCUT2D eigenvalue weighted by molar-refractivity contribution is -0.274. The monoisotopic (exact) mass is 318 g/mol. The van der Waals surface area contributed by atoms with Crippen LogP contribution in [0.3, 0.4) is 0 Å². The van der Waals surface area contributed by atoms with E-state index in [2.05, 4.69) is 4.74 Å². The van der Waals surface area contributed by atoms with Gasteiger partial charge in [0.25, 0.3) is 0 Å². The molecule has 1 aromatic heterocycles. The highest BCUT2D eigenvalue weighted by Crippen LogP contribution is 2.24. The molecule has 0 aliphatic heterocycles. The van der Waals surface area contributed by atoms with Gasteiger partial charge in [0.15, 0.2) is 0 Å². The topological polar surface area (TPSA) is 38.0 Å². The third-order valence-corrected chi connectivity index (χ3v) is 3.51. The number of hydrogen-bond acceptors (Lipinski definition) is 2. The lowest BCUT2D eigenvalue weighted by atomic mass is 10.1. The molecule has 1 N–H and O–H groups in total. The Hall–Kier alpha value is -2.76. The minimum absolute atomic E-state index is 0.232. The first kappa shape index (κ1) is 15.1. The molecule has 0 saturated carbocycles. The third kappa shape index (κ3) is 3.36. The molecule has 2 aromatic carbocycles. The first-order valence-corrected chi connectivity index (χ1v) is 6.89. The largest absolute Gasteiger partial charge is 0.573 e. The molecule has 0 radical (unpaired) electrons. The molecule has 6 heteroatoms. The van der Waals surface area contributed by atoms with E-state index in [9.17, 15) is 13.2 Å². The zero-order valence-electron chi connectivity index (χ0n) is 12.0. The first-order valence-electron chi connectivity index (χ1n) is 6.89. The summed E-state index contributed by atoms with van der Waals surface area (Å²) in [5, 5.41) is 8.38. The molecule has 118 valence electrons. The Labute approximate surface area is 130 Å². The molecule has 0 aliphatic carbocycles. The molecule has 0 atom stereocenters. The van der Waals surface area contributed by atoms with E-state index < -0.39 is 6.36 Å². The van der Waals surface area contributed by atoms with E-state index in [-0.39, 0.29) is 5.75 Å². The summed E-state index contributed by atoms with van der Waals surface area (Å²) in [6, 6.07) is 13.4. The van der Waals surface area contributed by atoms with Crippen molar-refractivity contribution in [3.63, 3.8) is 0 Å². The van der Waals surface area contributed by atoms with Crippen LogP contribution in [0.25, 0.3) is 10.9 Å². The number of rotatable bonds is 4. The average Bonchev–Trinajstić information content (AvgIpc) is 2.91. The SMILES string of the molecule is N=Cc1cccc2c1ccn2Cc1ccc(OC(F)(F)F)cc1. The van der Waals surface area contributed by atoms with Gasteiger partial charge < -0.3 is 14.7 Å². The van der Waals surface area contributed by atoms with Crippen molar-refractivity contribution >= 4 is 17.1 Å². The van der Waals surface area contributed by atoms with Crippen molar-refractivity contribution in [3.05, 3.63) is 65.9 Å². The Morgan fingerprint density at radius 3 is 2.43 bits per heavy atom. The minimum Gasteiger partial charge on any atom is -0.406 e. The zero-order valence-corrected chi connectivity index (χ0v) is 12.0. The van der Waals surface area contributed by atoms with Crippen molar-refractivity contribution in [1.82, 2.24) is 4.57 Å². The van der Waals surface area contributed by atoms with Crippen molar-refractivity contribution in [2.45, 2.75) is 12.9 Å². The molecule has 0 spiro atoms. The number of aromatic nitrogens is 1. The molecular weight excluding hydrogens is 305 g/mol. The Morgan fingerprint density at radius 2 is 1.78 bits per heavy atom. The normalized spacial score (nSPS) is 11.6. The standard InChI is InChI=1S/C17H13F3N2O/c18-17(19,20)23-14-6-4-12(5-7-14)11-22-9-8-15-13(10-21)2-1-3-16(15)22/h1-10,21H,11H2. The molecule has 0 bridgehead atoms. The summed E-state index contributed by atoms with van der Waals surface area (Å²) >= 11 is 0. The lowest BCUT2D eigenvalue weighted by Gasteiger charge is -2.10. The van der Waals surface area contributed by atoms with Crippen LogP contribution < -0.4 is 4.74 Å². The van der Waals surface area contributed by atoms with Gasteiger partial charge in [0.2, 0.25) is 0 Å². The third-order valence-electron chi connectivity index (χ3n) is 3.51. The van der Waals surface area contributed by atoms with Crippen molar-refractivity contribution < 1.29 is 17.9 Å². The highest BCUT2D eigenvalue weighted by atomic mass is 19.4. The maximum Gasteiger partial charge on any atom is 0.573 e. The van der Waals surface area contributed by atoms with Crippen LogP contribution in [0, 0.1) is 5.41 Å². The highest BCUT2D eigenvalue weighted by molar-refractivity contribution is 5.97. The molecule has 3 rings (SSSR count). The number of ether oxygens (including phenoxy) is 1. The highest BCUT2D eigenvalue weighted by Gasteiger charge is 2.30. The van der Waals surface area contributed by atoms with Gasteiger partial charge in [0.1, 0.15) is 5.75 Å². The zero-order chi connectivity index (χ0) is 16.4. The summed E-state index contributed by atoms with van der Waals surface area (Å²) in [6.07, 6.45) is -1.48.